The average molecular weight is 273 g/mol. The van der Waals surface area contributed by atoms with E-state index in [-0.39, 0.29) is 0 Å². The van der Waals surface area contributed by atoms with Crippen molar-refractivity contribution in [2.45, 2.75) is 44.6 Å². The lowest BCUT2D eigenvalue weighted by molar-refractivity contribution is -0.0123. The predicted octanol–water partition coefficient (Wildman–Crippen LogP) is 4.48. The molecule has 1 N–H and O–H groups in total. The predicted molar refractivity (Wildman–Crippen MR) is 72.7 cm³/mol. The molecule has 1 saturated carbocycles. The van der Waals surface area contributed by atoms with Crippen LogP contribution in [0.2, 0.25) is 10.0 Å². The first kappa shape index (κ1) is 13.2. The maximum absolute atomic E-state index is 10.6. The highest BCUT2D eigenvalue weighted by molar-refractivity contribution is 6.33. The molecule has 0 spiro atoms. The molecule has 0 radical (unpaired) electrons. The molecule has 0 bridgehead atoms. The van der Waals surface area contributed by atoms with E-state index in [1.165, 1.54) is 6.42 Å². The average Bonchev–Trinajstić information content (AvgIpc) is 2.22. The summed E-state index contributed by atoms with van der Waals surface area (Å²) < 4.78 is 0. The van der Waals surface area contributed by atoms with Crippen molar-refractivity contribution in [1.29, 1.82) is 0 Å². The van der Waals surface area contributed by atoms with E-state index >= 15 is 0 Å². The molecule has 0 saturated heterocycles. The Morgan fingerprint density at radius 3 is 2.88 bits per heavy atom. The monoisotopic (exact) mass is 272 g/mol. The summed E-state index contributed by atoms with van der Waals surface area (Å²) in [5.41, 5.74) is 0.349. The molecular weight excluding hydrogens is 255 g/mol. The first-order valence-corrected chi connectivity index (χ1v) is 6.90. The summed E-state index contributed by atoms with van der Waals surface area (Å²) >= 11 is 12.1. The maximum Gasteiger partial charge on any atom is 0.0691 e. The van der Waals surface area contributed by atoms with E-state index in [2.05, 4.69) is 6.92 Å². The van der Waals surface area contributed by atoms with Crippen LogP contribution in [0, 0.1) is 5.92 Å². The van der Waals surface area contributed by atoms with Crippen molar-refractivity contribution >= 4 is 23.2 Å². The van der Waals surface area contributed by atoms with Gasteiger partial charge in [0.1, 0.15) is 0 Å². The Hall–Kier alpha value is -0.240. The Morgan fingerprint density at radius 2 is 2.18 bits per heavy atom. The Kier molecular flexibility index (Phi) is 4.02. The summed E-state index contributed by atoms with van der Waals surface area (Å²) in [6, 6.07) is 5.44. The van der Waals surface area contributed by atoms with Gasteiger partial charge in [0.2, 0.25) is 0 Å². The minimum atomic E-state index is -0.605. The molecule has 3 heteroatoms. The zero-order valence-corrected chi connectivity index (χ0v) is 11.6. The number of hydrogen-bond acceptors (Lipinski definition) is 1. The standard InChI is InChI=1S/C14H18Cl2O/c1-10-3-2-6-14(17,8-10)9-11-7-12(15)4-5-13(11)16/h4-5,7,10,17H,2-3,6,8-9H2,1H3. The van der Waals surface area contributed by atoms with Crippen LogP contribution >= 0.6 is 23.2 Å². The Balaban J connectivity index is 2.16. The molecule has 2 rings (SSSR count). The van der Waals surface area contributed by atoms with Crippen LogP contribution in [0.4, 0.5) is 0 Å². The van der Waals surface area contributed by atoms with Crippen molar-refractivity contribution in [3.05, 3.63) is 33.8 Å². The first-order valence-electron chi connectivity index (χ1n) is 6.15. The molecule has 17 heavy (non-hydrogen) atoms. The van der Waals surface area contributed by atoms with E-state index in [1.807, 2.05) is 6.07 Å². The molecule has 0 aliphatic heterocycles. The molecule has 0 amide bonds. The Labute approximate surface area is 113 Å². The fourth-order valence-corrected chi connectivity index (χ4v) is 3.21. The van der Waals surface area contributed by atoms with Gasteiger partial charge in [0.15, 0.2) is 0 Å². The third-order valence-corrected chi connectivity index (χ3v) is 4.20. The SMILES string of the molecule is CC1CCCC(O)(Cc2cc(Cl)ccc2Cl)C1. The normalized spacial score (nSPS) is 29.3. The van der Waals surface area contributed by atoms with E-state index < -0.39 is 5.60 Å². The van der Waals surface area contributed by atoms with Gasteiger partial charge in [-0.05, 0) is 42.5 Å². The minimum Gasteiger partial charge on any atom is -0.390 e. The van der Waals surface area contributed by atoms with Crippen molar-refractivity contribution < 1.29 is 5.11 Å². The third-order valence-electron chi connectivity index (χ3n) is 3.59. The van der Waals surface area contributed by atoms with E-state index in [9.17, 15) is 5.11 Å². The maximum atomic E-state index is 10.6. The molecule has 94 valence electrons. The number of benzene rings is 1. The first-order chi connectivity index (χ1) is 7.98. The molecular formula is C14H18Cl2O. The summed E-state index contributed by atoms with van der Waals surface area (Å²) in [6.07, 6.45) is 4.63. The highest BCUT2D eigenvalue weighted by Crippen LogP contribution is 2.36. The molecule has 0 aromatic heterocycles. The Morgan fingerprint density at radius 1 is 1.41 bits per heavy atom. The molecule has 1 nitrogen and oxygen atoms in total. The second-order valence-electron chi connectivity index (χ2n) is 5.34. The van der Waals surface area contributed by atoms with Gasteiger partial charge in [-0.3, -0.25) is 0 Å². The smallest absolute Gasteiger partial charge is 0.0691 e. The summed E-state index contributed by atoms with van der Waals surface area (Å²) in [4.78, 5) is 0. The van der Waals surface area contributed by atoms with Gasteiger partial charge < -0.3 is 5.11 Å². The van der Waals surface area contributed by atoms with Crippen LogP contribution in [0.25, 0.3) is 0 Å². The summed E-state index contributed by atoms with van der Waals surface area (Å²) in [7, 11) is 0. The van der Waals surface area contributed by atoms with Gasteiger partial charge in [0.25, 0.3) is 0 Å². The highest BCUT2D eigenvalue weighted by atomic mass is 35.5. The van der Waals surface area contributed by atoms with Gasteiger partial charge >= 0.3 is 0 Å². The van der Waals surface area contributed by atoms with E-state index in [0.29, 0.717) is 22.4 Å². The fourth-order valence-electron chi connectivity index (χ4n) is 2.83. The van der Waals surface area contributed by atoms with Crippen molar-refractivity contribution in [1.82, 2.24) is 0 Å². The van der Waals surface area contributed by atoms with Gasteiger partial charge in [0, 0.05) is 16.5 Å². The lowest BCUT2D eigenvalue weighted by Gasteiger charge is -2.36. The van der Waals surface area contributed by atoms with Crippen molar-refractivity contribution in [2.24, 2.45) is 5.92 Å². The number of halogens is 2. The van der Waals surface area contributed by atoms with Crippen LogP contribution in [0.15, 0.2) is 18.2 Å². The summed E-state index contributed by atoms with van der Waals surface area (Å²) in [5.74, 6) is 0.590. The molecule has 2 atom stereocenters. The van der Waals surface area contributed by atoms with Crippen LogP contribution in [-0.4, -0.2) is 10.7 Å². The second kappa shape index (κ2) is 5.17. The summed E-state index contributed by atoms with van der Waals surface area (Å²) in [5, 5.41) is 12.0. The molecule has 2 unspecified atom stereocenters. The van der Waals surface area contributed by atoms with Crippen molar-refractivity contribution in [3.8, 4) is 0 Å². The van der Waals surface area contributed by atoms with Crippen LogP contribution in [0.1, 0.15) is 38.2 Å². The van der Waals surface area contributed by atoms with Crippen LogP contribution in [-0.2, 0) is 6.42 Å². The number of rotatable bonds is 2. The van der Waals surface area contributed by atoms with Gasteiger partial charge in [-0.2, -0.15) is 0 Å². The zero-order valence-electron chi connectivity index (χ0n) is 10.0. The molecule has 0 heterocycles. The molecule has 1 aromatic carbocycles. The van der Waals surface area contributed by atoms with Crippen LogP contribution < -0.4 is 0 Å². The van der Waals surface area contributed by atoms with Crippen molar-refractivity contribution in [3.63, 3.8) is 0 Å². The van der Waals surface area contributed by atoms with Crippen LogP contribution in [0.3, 0.4) is 0 Å². The van der Waals surface area contributed by atoms with E-state index in [4.69, 9.17) is 23.2 Å². The number of aliphatic hydroxyl groups is 1. The lowest BCUT2D eigenvalue weighted by Crippen LogP contribution is -2.36. The minimum absolute atomic E-state index is 0.590. The molecule has 1 fully saturated rings. The summed E-state index contributed by atoms with van der Waals surface area (Å²) in [6.45, 7) is 2.20. The lowest BCUT2D eigenvalue weighted by atomic mass is 9.76. The fraction of sp³-hybridized carbons (Fsp3) is 0.571. The van der Waals surface area contributed by atoms with Crippen molar-refractivity contribution in [2.75, 3.05) is 0 Å². The van der Waals surface area contributed by atoms with E-state index in [0.717, 1.165) is 24.8 Å². The van der Waals surface area contributed by atoms with E-state index in [1.54, 1.807) is 12.1 Å². The molecule has 1 aromatic rings. The van der Waals surface area contributed by atoms with Crippen LogP contribution in [0.5, 0.6) is 0 Å². The topological polar surface area (TPSA) is 20.2 Å². The zero-order chi connectivity index (χ0) is 12.5. The molecule has 1 aliphatic carbocycles. The Bertz CT molecular complexity index is 405. The highest BCUT2D eigenvalue weighted by Gasteiger charge is 2.33. The number of hydrogen-bond donors (Lipinski definition) is 1. The molecule has 1 aliphatic rings. The van der Waals surface area contributed by atoms with Gasteiger partial charge in [-0.15, -0.1) is 0 Å². The second-order valence-corrected chi connectivity index (χ2v) is 6.18. The quantitative estimate of drug-likeness (QED) is 0.842. The van der Waals surface area contributed by atoms with Gasteiger partial charge in [0.05, 0.1) is 5.60 Å². The van der Waals surface area contributed by atoms with Gasteiger partial charge in [-0.1, -0.05) is 43.0 Å². The third kappa shape index (κ3) is 3.37. The van der Waals surface area contributed by atoms with Gasteiger partial charge in [-0.25, -0.2) is 0 Å². The largest absolute Gasteiger partial charge is 0.390 e.